The summed E-state index contributed by atoms with van der Waals surface area (Å²) in [4.78, 5) is 22.4. The zero-order valence-corrected chi connectivity index (χ0v) is 12.0. The van der Waals surface area contributed by atoms with Crippen molar-refractivity contribution < 1.29 is 23.1 Å². The van der Waals surface area contributed by atoms with E-state index in [1.807, 2.05) is 13.8 Å². The van der Waals surface area contributed by atoms with Crippen molar-refractivity contribution in [2.75, 3.05) is 5.75 Å². The van der Waals surface area contributed by atoms with Crippen LogP contribution in [0.15, 0.2) is 0 Å². The van der Waals surface area contributed by atoms with Crippen LogP contribution >= 0.6 is 0 Å². The number of hydrogen-bond acceptors (Lipinski definition) is 4. The van der Waals surface area contributed by atoms with Gasteiger partial charge in [0, 0.05) is 0 Å². The molecule has 0 saturated carbocycles. The summed E-state index contributed by atoms with van der Waals surface area (Å²) >= 11 is 0. The maximum absolute atomic E-state index is 11.5. The van der Waals surface area contributed by atoms with Crippen LogP contribution in [0.4, 0.5) is 0 Å². The van der Waals surface area contributed by atoms with Crippen molar-refractivity contribution in [2.24, 2.45) is 5.92 Å². The fourth-order valence-electron chi connectivity index (χ4n) is 1.28. The molecule has 0 aromatic carbocycles. The number of hydrogen-bond donors (Lipinski definition) is 2. The summed E-state index contributed by atoms with van der Waals surface area (Å²) in [5.74, 6) is -2.50. The van der Waals surface area contributed by atoms with Crippen LogP contribution in [0.25, 0.3) is 0 Å². The second-order valence-corrected chi connectivity index (χ2v) is 7.50. The zero-order chi connectivity index (χ0) is 14.5. The lowest BCUT2D eigenvalue weighted by molar-refractivity contribution is -0.141. The van der Waals surface area contributed by atoms with Crippen LogP contribution in [-0.2, 0) is 19.4 Å². The van der Waals surface area contributed by atoms with E-state index in [1.165, 1.54) is 13.8 Å². The van der Waals surface area contributed by atoms with Crippen LogP contribution in [0.1, 0.15) is 34.1 Å². The number of rotatable bonds is 7. The van der Waals surface area contributed by atoms with Crippen molar-refractivity contribution in [3.8, 4) is 0 Å². The molecule has 6 nitrogen and oxygen atoms in total. The number of carboxylic acid groups (broad SMARTS) is 1. The van der Waals surface area contributed by atoms with E-state index in [0.29, 0.717) is 0 Å². The highest BCUT2D eigenvalue weighted by molar-refractivity contribution is 7.92. The minimum absolute atomic E-state index is 0.0908. The van der Waals surface area contributed by atoms with E-state index in [9.17, 15) is 18.0 Å². The zero-order valence-electron chi connectivity index (χ0n) is 11.1. The van der Waals surface area contributed by atoms with Crippen molar-refractivity contribution in [1.29, 1.82) is 0 Å². The summed E-state index contributed by atoms with van der Waals surface area (Å²) in [6.07, 6.45) is 0.267. The molecular weight excluding hydrogens is 258 g/mol. The molecule has 0 radical (unpaired) electrons. The standard InChI is InChI=1S/C11H21NO5S/c1-7(2)5-9(11(14)15)12-10(13)6-18(16,17)8(3)4/h7-9H,5-6H2,1-4H3,(H,12,13)(H,14,15)/t9-/m0/s1. The van der Waals surface area contributed by atoms with Crippen molar-refractivity contribution >= 4 is 21.7 Å². The number of carbonyl (C=O) groups excluding carboxylic acids is 1. The molecule has 0 fully saturated rings. The number of nitrogens with one attached hydrogen (secondary N) is 1. The molecule has 1 amide bonds. The largest absolute Gasteiger partial charge is 0.480 e. The summed E-state index contributed by atoms with van der Waals surface area (Å²) < 4.78 is 23.0. The van der Waals surface area contributed by atoms with Crippen LogP contribution in [0.5, 0.6) is 0 Å². The maximum Gasteiger partial charge on any atom is 0.326 e. The Morgan fingerprint density at radius 3 is 2.00 bits per heavy atom. The van der Waals surface area contributed by atoms with E-state index in [4.69, 9.17) is 5.11 Å². The number of carbonyl (C=O) groups is 2. The van der Waals surface area contributed by atoms with E-state index < -0.39 is 38.8 Å². The first kappa shape index (κ1) is 16.9. The molecule has 7 heteroatoms. The molecule has 0 unspecified atom stereocenters. The van der Waals surface area contributed by atoms with Gasteiger partial charge in [0.25, 0.3) is 0 Å². The van der Waals surface area contributed by atoms with Gasteiger partial charge in [-0.2, -0.15) is 0 Å². The van der Waals surface area contributed by atoms with Crippen LogP contribution in [0, 0.1) is 5.92 Å². The number of aliphatic carboxylic acids is 1. The van der Waals surface area contributed by atoms with Gasteiger partial charge in [-0.15, -0.1) is 0 Å². The Bertz CT molecular complexity index is 400. The summed E-state index contributed by atoms with van der Waals surface area (Å²) in [7, 11) is -3.50. The average Bonchev–Trinajstić information content (AvgIpc) is 2.14. The van der Waals surface area contributed by atoms with Gasteiger partial charge in [-0.3, -0.25) is 4.79 Å². The monoisotopic (exact) mass is 279 g/mol. The predicted molar refractivity (Wildman–Crippen MR) is 67.9 cm³/mol. The van der Waals surface area contributed by atoms with Crippen molar-refractivity contribution in [3.05, 3.63) is 0 Å². The predicted octanol–water partition coefficient (Wildman–Crippen LogP) is 0.425. The SMILES string of the molecule is CC(C)C[C@H](NC(=O)CS(=O)(=O)C(C)C)C(=O)O. The Morgan fingerprint density at radius 1 is 1.17 bits per heavy atom. The second kappa shape index (κ2) is 6.72. The smallest absolute Gasteiger partial charge is 0.326 e. The van der Waals surface area contributed by atoms with Gasteiger partial charge in [-0.25, -0.2) is 13.2 Å². The number of sulfone groups is 1. The molecule has 0 saturated heterocycles. The van der Waals surface area contributed by atoms with Crippen LogP contribution in [0.3, 0.4) is 0 Å². The Morgan fingerprint density at radius 2 is 1.67 bits per heavy atom. The topological polar surface area (TPSA) is 101 Å². The fourth-order valence-corrected chi connectivity index (χ4v) is 2.06. The Labute approximate surface area is 108 Å². The molecule has 0 aromatic heterocycles. The summed E-state index contributed by atoms with van der Waals surface area (Å²) in [5, 5.41) is 10.5. The van der Waals surface area contributed by atoms with E-state index >= 15 is 0 Å². The van der Waals surface area contributed by atoms with Crippen LogP contribution in [0.2, 0.25) is 0 Å². The third-order valence-electron chi connectivity index (χ3n) is 2.39. The molecule has 2 N–H and O–H groups in total. The van der Waals surface area contributed by atoms with Crippen molar-refractivity contribution in [3.63, 3.8) is 0 Å². The number of amides is 1. The van der Waals surface area contributed by atoms with Gasteiger partial charge in [-0.1, -0.05) is 13.8 Å². The highest BCUT2D eigenvalue weighted by atomic mass is 32.2. The van der Waals surface area contributed by atoms with Crippen LogP contribution in [-0.4, -0.2) is 42.4 Å². The van der Waals surface area contributed by atoms with E-state index in [0.717, 1.165) is 0 Å². The van der Waals surface area contributed by atoms with Crippen molar-refractivity contribution in [2.45, 2.75) is 45.4 Å². The van der Waals surface area contributed by atoms with Gasteiger partial charge in [0.15, 0.2) is 9.84 Å². The molecule has 0 aliphatic carbocycles. The summed E-state index contributed by atoms with van der Waals surface area (Å²) in [6.45, 7) is 6.61. The van der Waals surface area contributed by atoms with Crippen molar-refractivity contribution in [1.82, 2.24) is 5.32 Å². The van der Waals surface area contributed by atoms with Gasteiger partial charge >= 0.3 is 5.97 Å². The van der Waals surface area contributed by atoms with Gasteiger partial charge < -0.3 is 10.4 Å². The molecule has 0 spiro atoms. The fraction of sp³-hybridized carbons (Fsp3) is 0.818. The summed E-state index contributed by atoms with van der Waals surface area (Å²) in [6, 6.07) is -1.04. The molecule has 106 valence electrons. The molecule has 0 aliphatic rings. The van der Waals surface area contributed by atoms with E-state index in [2.05, 4.69) is 5.32 Å². The molecule has 0 aromatic rings. The second-order valence-electron chi connectivity index (χ2n) is 4.94. The van der Waals surface area contributed by atoms with Gasteiger partial charge in [0.2, 0.25) is 5.91 Å². The highest BCUT2D eigenvalue weighted by Crippen LogP contribution is 2.06. The molecule has 1 atom stereocenters. The first-order valence-electron chi connectivity index (χ1n) is 5.80. The summed E-state index contributed by atoms with van der Waals surface area (Å²) in [5.41, 5.74) is 0. The maximum atomic E-state index is 11.5. The lowest BCUT2D eigenvalue weighted by Crippen LogP contribution is -2.44. The lowest BCUT2D eigenvalue weighted by Gasteiger charge is -2.16. The van der Waals surface area contributed by atoms with Crippen LogP contribution < -0.4 is 5.32 Å². The molecule has 0 aliphatic heterocycles. The minimum Gasteiger partial charge on any atom is -0.480 e. The third-order valence-corrected chi connectivity index (χ3v) is 4.49. The Hall–Kier alpha value is -1.11. The highest BCUT2D eigenvalue weighted by Gasteiger charge is 2.25. The molecule has 0 heterocycles. The quantitative estimate of drug-likeness (QED) is 0.703. The number of carboxylic acids is 1. The Kier molecular flexibility index (Phi) is 6.31. The van der Waals surface area contributed by atoms with E-state index in [-0.39, 0.29) is 12.3 Å². The molecule has 0 rings (SSSR count). The Balaban J connectivity index is 4.58. The van der Waals surface area contributed by atoms with Gasteiger partial charge in [0.05, 0.1) is 5.25 Å². The first-order chi connectivity index (χ1) is 8.06. The van der Waals surface area contributed by atoms with E-state index in [1.54, 1.807) is 0 Å². The lowest BCUT2D eigenvalue weighted by atomic mass is 10.0. The van der Waals surface area contributed by atoms with Gasteiger partial charge in [-0.05, 0) is 26.2 Å². The molecular formula is C11H21NO5S. The molecule has 18 heavy (non-hydrogen) atoms. The minimum atomic E-state index is -3.50. The van der Waals surface area contributed by atoms with Gasteiger partial charge in [0.1, 0.15) is 11.8 Å². The molecule has 0 bridgehead atoms. The normalized spacial score (nSPS) is 13.7. The first-order valence-corrected chi connectivity index (χ1v) is 7.51. The third kappa shape index (κ3) is 6.00. The average molecular weight is 279 g/mol.